The van der Waals surface area contributed by atoms with Crippen LogP contribution in [-0.2, 0) is 9.59 Å². The van der Waals surface area contributed by atoms with Gasteiger partial charge >= 0.3 is 0 Å². The Kier molecular flexibility index (Phi) is 4.97. The normalized spacial score (nSPS) is 18.6. The maximum absolute atomic E-state index is 13.6. The van der Waals surface area contributed by atoms with E-state index in [1.165, 1.54) is 36.3 Å². The number of Topliss-reactive ketones (excluding diaryl/α,β-unsaturated/α-hetero) is 1. The summed E-state index contributed by atoms with van der Waals surface area (Å²) in [7, 11) is 1.49. The van der Waals surface area contributed by atoms with E-state index in [1.54, 1.807) is 42.5 Å². The van der Waals surface area contributed by atoms with Crippen LogP contribution in [0.4, 0.5) is 10.1 Å². The molecule has 0 saturated carbocycles. The Morgan fingerprint density at radius 3 is 2.55 bits per heavy atom. The number of carbonyl (C=O) groups excluding carboxylic acids is 2. The molecule has 0 spiro atoms. The Morgan fingerprint density at radius 2 is 1.79 bits per heavy atom. The van der Waals surface area contributed by atoms with Crippen molar-refractivity contribution >= 4 is 23.1 Å². The Bertz CT molecular complexity index is 1300. The summed E-state index contributed by atoms with van der Waals surface area (Å²) in [4.78, 5) is 27.6. The predicted octanol–water partition coefficient (Wildman–Crippen LogP) is 4.19. The number of methoxy groups -OCH3 is 1. The number of nitrogens with zero attached hydrogens (tertiary/aromatic N) is 1. The second-order valence-corrected chi connectivity index (χ2v) is 7.49. The summed E-state index contributed by atoms with van der Waals surface area (Å²) in [6.45, 7) is 0.0510. The first-order chi connectivity index (χ1) is 16.0. The highest BCUT2D eigenvalue weighted by Crippen LogP contribution is 2.44. The first-order valence-corrected chi connectivity index (χ1v) is 10.1. The average Bonchev–Trinajstić information content (AvgIpc) is 3.41. The zero-order chi connectivity index (χ0) is 23.1. The Morgan fingerprint density at radius 1 is 1.03 bits per heavy atom. The topological polar surface area (TPSA) is 85.3 Å². The number of ketones is 1. The Labute approximate surface area is 188 Å². The quantitative estimate of drug-likeness (QED) is 0.367. The van der Waals surface area contributed by atoms with Gasteiger partial charge in [0.15, 0.2) is 11.5 Å². The molecule has 8 heteroatoms. The van der Waals surface area contributed by atoms with E-state index in [9.17, 15) is 19.1 Å². The number of hydrogen-bond acceptors (Lipinski definition) is 6. The minimum Gasteiger partial charge on any atom is -0.507 e. The number of benzene rings is 3. The van der Waals surface area contributed by atoms with E-state index < -0.39 is 23.5 Å². The number of aliphatic hydroxyl groups is 1. The molecule has 166 valence electrons. The van der Waals surface area contributed by atoms with Crippen LogP contribution in [0, 0.1) is 5.82 Å². The van der Waals surface area contributed by atoms with Crippen LogP contribution in [0.2, 0.25) is 0 Å². The van der Waals surface area contributed by atoms with E-state index in [0.717, 1.165) is 0 Å². The van der Waals surface area contributed by atoms with E-state index in [-0.39, 0.29) is 23.7 Å². The van der Waals surface area contributed by atoms with Gasteiger partial charge in [-0.2, -0.15) is 0 Å². The fraction of sp³-hybridized carbons (Fsp3) is 0.120. The van der Waals surface area contributed by atoms with Crippen molar-refractivity contribution in [2.75, 3.05) is 18.8 Å². The van der Waals surface area contributed by atoms with Crippen molar-refractivity contribution in [2.45, 2.75) is 6.04 Å². The van der Waals surface area contributed by atoms with E-state index in [2.05, 4.69) is 0 Å². The SMILES string of the molecule is COc1cccc(N2C(=O)C(=O)/C(=C(\O)c3ccc4c(c3)OCO4)C2c2ccc(F)cc2)c1. The number of rotatable bonds is 4. The third kappa shape index (κ3) is 3.45. The second kappa shape index (κ2) is 7.98. The van der Waals surface area contributed by atoms with Crippen molar-refractivity contribution in [1.82, 2.24) is 0 Å². The van der Waals surface area contributed by atoms with Gasteiger partial charge in [-0.3, -0.25) is 14.5 Å². The van der Waals surface area contributed by atoms with Crippen LogP contribution in [0.5, 0.6) is 17.2 Å². The molecule has 2 aliphatic rings. The molecule has 0 bridgehead atoms. The first-order valence-electron chi connectivity index (χ1n) is 10.1. The van der Waals surface area contributed by atoms with Gasteiger partial charge in [0.25, 0.3) is 11.7 Å². The largest absolute Gasteiger partial charge is 0.507 e. The third-order valence-corrected chi connectivity index (χ3v) is 5.61. The number of anilines is 1. The summed E-state index contributed by atoms with van der Waals surface area (Å²) in [5.74, 6) is -1.10. The number of aliphatic hydroxyl groups excluding tert-OH is 1. The smallest absolute Gasteiger partial charge is 0.300 e. The number of ether oxygens (including phenoxy) is 3. The summed E-state index contributed by atoms with van der Waals surface area (Å²) in [5, 5.41) is 11.2. The van der Waals surface area contributed by atoms with Crippen molar-refractivity contribution < 1.29 is 33.3 Å². The van der Waals surface area contributed by atoms with Crippen molar-refractivity contribution in [3.63, 3.8) is 0 Å². The first kappa shape index (κ1) is 20.6. The summed E-state index contributed by atoms with van der Waals surface area (Å²) >= 11 is 0. The lowest BCUT2D eigenvalue weighted by Crippen LogP contribution is -2.29. The molecule has 1 unspecified atom stereocenters. The van der Waals surface area contributed by atoms with Crippen molar-refractivity contribution in [3.05, 3.63) is 89.2 Å². The van der Waals surface area contributed by atoms with Crippen LogP contribution in [-0.4, -0.2) is 30.7 Å². The predicted molar refractivity (Wildman–Crippen MR) is 117 cm³/mol. The van der Waals surface area contributed by atoms with Crippen LogP contribution < -0.4 is 19.1 Å². The minimum absolute atomic E-state index is 0.0510. The lowest BCUT2D eigenvalue weighted by molar-refractivity contribution is -0.132. The molecule has 2 heterocycles. The maximum atomic E-state index is 13.6. The van der Waals surface area contributed by atoms with Crippen LogP contribution in [0.15, 0.2) is 72.3 Å². The molecule has 1 atom stereocenters. The number of halogens is 1. The monoisotopic (exact) mass is 447 g/mol. The molecule has 1 fully saturated rings. The molecule has 1 saturated heterocycles. The molecule has 3 aromatic carbocycles. The molecule has 0 aliphatic carbocycles. The highest BCUT2D eigenvalue weighted by atomic mass is 19.1. The molecule has 0 radical (unpaired) electrons. The fourth-order valence-corrected chi connectivity index (χ4v) is 4.02. The molecule has 3 aromatic rings. The van der Waals surface area contributed by atoms with Gasteiger partial charge in [0.1, 0.15) is 17.3 Å². The van der Waals surface area contributed by atoms with Crippen LogP contribution >= 0.6 is 0 Å². The number of fused-ring (bicyclic) bond motifs is 1. The van der Waals surface area contributed by atoms with Gasteiger partial charge in [0.2, 0.25) is 6.79 Å². The van der Waals surface area contributed by atoms with Gasteiger partial charge in [0, 0.05) is 17.3 Å². The third-order valence-electron chi connectivity index (χ3n) is 5.61. The molecule has 0 aromatic heterocycles. The zero-order valence-electron chi connectivity index (χ0n) is 17.4. The lowest BCUT2D eigenvalue weighted by atomic mass is 9.95. The number of amides is 1. The van der Waals surface area contributed by atoms with Gasteiger partial charge in [-0.1, -0.05) is 18.2 Å². The second-order valence-electron chi connectivity index (χ2n) is 7.49. The van der Waals surface area contributed by atoms with Gasteiger partial charge < -0.3 is 19.3 Å². The number of hydrogen-bond donors (Lipinski definition) is 1. The maximum Gasteiger partial charge on any atom is 0.300 e. The van der Waals surface area contributed by atoms with Gasteiger partial charge in [-0.25, -0.2) is 4.39 Å². The van der Waals surface area contributed by atoms with Crippen LogP contribution in [0.25, 0.3) is 5.76 Å². The van der Waals surface area contributed by atoms with Gasteiger partial charge in [-0.15, -0.1) is 0 Å². The van der Waals surface area contributed by atoms with E-state index in [0.29, 0.717) is 28.5 Å². The van der Waals surface area contributed by atoms with E-state index in [1.807, 2.05) is 0 Å². The summed E-state index contributed by atoms with van der Waals surface area (Å²) in [5.41, 5.74) is 1.03. The van der Waals surface area contributed by atoms with Crippen molar-refractivity contribution in [2.24, 2.45) is 0 Å². The number of carbonyl (C=O) groups is 2. The van der Waals surface area contributed by atoms with Crippen LogP contribution in [0.1, 0.15) is 17.2 Å². The molecule has 1 N–H and O–H groups in total. The molecular weight excluding hydrogens is 429 g/mol. The minimum atomic E-state index is -0.983. The molecule has 5 rings (SSSR count). The highest BCUT2D eigenvalue weighted by Gasteiger charge is 2.47. The van der Waals surface area contributed by atoms with E-state index >= 15 is 0 Å². The molecule has 33 heavy (non-hydrogen) atoms. The highest BCUT2D eigenvalue weighted by molar-refractivity contribution is 6.51. The molecule has 2 aliphatic heterocycles. The standard InChI is InChI=1S/C25H18FNO6/c1-31-18-4-2-3-17(12-18)27-22(14-5-8-16(26)9-6-14)21(24(29)25(27)30)23(28)15-7-10-19-20(11-15)33-13-32-19/h2-12,22,28H,13H2,1H3/b23-21-. The van der Waals surface area contributed by atoms with Gasteiger partial charge in [0.05, 0.1) is 18.7 Å². The van der Waals surface area contributed by atoms with E-state index in [4.69, 9.17) is 14.2 Å². The summed E-state index contributed by atoms with van der Waals surface area (Å²) in [6, 6.07) is 15.8. The molecular formula is C25H18FNO6. The lowest BCUT2D eigenvalue weighted by Gasteiger charge is -2.25. The summed E-state index contributed by atoms with van der Waals surface area (Å²) in [6.07, 6.45) is 0. The van der Waals surface area contributed by atoms with Gasteiger partial charge in [-0.05, 0) is 48.0 Å². The Hall–Kier alpha value is -4.33. The Balaban J connectivity index is 1.70. The van der Waals surface area contributed by atoms with Crippen molar-refractivity contribution in [3.8, 4) is 17.2 Å². The average molecular weight is 447 g/mol. The van der Waals surface area contributed by atoms with Crippen molar-refractivity contribution in [1.29, 1.82) is 0 Å². The fourth-order valence-electron chi connectivity index (χ4n) is 4.02. The summed E-state index contributed by atoms with van der Waals surface area (Å²) < 4.78 is 29.6. The van der Waals surface area contributed by atoms with Crippen LogP contribution in [0.3, 0.4) is 0 Å². The molecule has 1 amide bonds. The molecule has 7 nitrogen and oxygen atoms in total. The zero-order valence-corrected chi connectivity index (χ0v) is 17.4.